The fraction of sp³-hybridized carbons (Fsp3) is 0.500. The van der Waals surface area contributed by atoms with Gasteiger partial charge in [-0.25, -0.2) is 4.98 Å². The van der Waals surface area contributed by atoms with Crippen LogP contribution < -0.4 is 14.8 Å². The Morgan fingerprint density at radius 3 is 2.79 bits per heavy atom. The topological polar surface area (TPSA) is 96.6 Å². The Kier molecular flexibility index (Phi) is 5.53. The van der Waals surface area contributed by atoms with Gasteiger partial charge in [0.15, 0.2) is 11.6 Å². The predicted octanol–water partition coefficient (Wildman–Crippen LogP) is 0.0164. The third-order valence-electron chi connectivity index (χ3n) is 5.65. The maximum Gasteiger partial charge on any atom is 0.274 e. The molecule has 1 fully saturated rings. The van der Waals surface area contributed by atoms with Crippen LogP contribution in [0.2, 0.25) is 0 Å². The zero-order valence-electron chi connectivity index (χ0n) is 16.1. The number of aliphatic hydroxyl groups is 1. The second-order valence-corrected chi connectivity index (χ2v) is 7.50. The van der Waals surface area contributed by atoms with Crippen LogP contribution in [0.25, 0.3) is 5.57 Å². The van der Waals surface area contributed by atoms with Crippen molar-refractivity contribution in [2.45, 2.75) is 32.2 Å². The molecule has 28 heavy (non-hydrogen) atoms. The van der Waals surface area contributed by atoms with Crippen LogP contribution >= 0.6 is 0 Å². The maximum absolute atomic E-state index is 10.7. The number of rotatable bonds is 4. The number of nitrogens with zero attached hydrogens (tertiary/aromatic N) is 5. The summed E-state index contributed by atoms with van der Waals surface area (Å²) in [6.45, 7) is 4.89. The lowest BCUT2D eigenvalue weighted by Gasteiger charge is -2.28. The Labute approximate surface area is 164 Å². The summed E-state index contributed by atoms with van der Waals surface area (Å²) >= 11 is 0. The van der Waals surface area contributed by atoms with Crippen LogP contribution in [0.4, 0.5) is 5.82 Å². The van der Waals surface area contributed by atoms with E-state index in [1.807, 2.05) is 22.9 Å². The molecule has 4 heterocycles. The van der Waals surface area contributed by atoms with E-state index in [9.17, 15) is 10.4 Å². The van der Waals surface area contributed by atoms with Gasteiger partial charge in [0.1, 0.15) is 50.2 Å². The van der Waals surface area contributed by atoms with E-state index < -0.39 is 0 Å². The fourth-order valence-corrected chi connectivity index (χ4v) is 4.06. The molecule has 2 aromatic rings. The summed E-state index contributed by atoms with van der Waals surface area (Å²) in [7, 11) is 0. The van der Waals surface area contributed by atoms with Gasteiger partial charge in [-0.05, 0) is 18.9 Å². The van der Waals surface area contributed by atoms with E-state index in [-0.39, 0.29) is 11.3 Å². The van der Waals surface area contributed by atoms with Gasteiger partial charge in [-0.3, -0.25) is 4.90 Å². The normalized spacial score (nSPS) is 18.8. The summed E-state index contributed by atoms with van der Waals surface area (Å²) in [4.78, 5) is 6.86. The number of pyridine rings is 1. The average Bonchev–Trinajstić information content (AvgIpc) is 2.97. The molecule has 0 bridgehead atoms. The number of nitriles is 1. The molecule has 4 rings (SSSR count). The number of hydrogen-bond donors (Lipinski definition) is 2. The Balaban J connectivity index is 1.45. The van der Waals surface area contributed by atoms with E-state index in [2.05, 4.69) is 32.2 Å². The minimum absolute atomic E-state index is 0.122. The van der Waals surface area contributed by atoms with Gasteiger partial charge in [-0.15, -0.1) is 10.2 Å². The molecule has 0 radical (unpaired) electrons. The summed E-state index contributed by atoms with van der Waals surface area (Å²) in [5.74, 6) is 2.68. The molecule has 2 aromatic heterocycles. The highest BCUT2D eigenvalue weighted by Crippen LogP contribution is 2.20. The van der Waals surface area contributed by atoms with Gasteiger partial charge in [0.05, 0.1) is 6.20 Å². The highest BCUT2D eigenvalue weighted by molar-refractivity contribution is 5.74. The number of H-pyrrole nitrogens is 1. The highest BCUT2D eigenvalue weighted by Gasteiger charge is 2.28. The summed E-state index contributed by atoms with van der Waals surface area (Å²) in [5, 5.41) is 28.9. The van der Waals surface area contributed by atoms with Gasteiger partial charge in [0.2, 0.25) is 0 Å². The van der Waals surface area contributed by atoms with Gasteiger partial charge in [0.25, 0.3) is 5.82 Å². The van der Waals surface area contributed by atoms with Crippen LogP contribution in [0.15, 0.2) is 30.2 Å². The second kappa shape index (κ2) is 8.40. The summed E-state index contributed by atoms with van der Waals surface area (Å²) in [5.41, 5.74) is 0.270. The van der Waals surface area contributed by atoms with Crippen molar-refractivity contribution in [2.24, 2.45) is 0 Å². The first-order valence-electron chi connectivity index (χ1n) is 10.1. The van der Waals surface area contributed by atoms with Crippen molar-refractivity contribution < 1.29 is 15.0 Å². The Hall–Kier alpha value is -2.92. The van der Waals surface area contributed by atoms with Crippen molar-refractivity contribution in [1.82, 2.24) is 14.8 Å². The minimum atomic E-state index is 0.122. The number of aromatic amines is 1. The van der Waals surface area contributed by atoms with Gasteiger partial charge in [-0.1, -0.05) is 12.5 Å². The van der Waals surface area contributed by atoms with E-state index in [4.69, 9.17) is 0 Å². The first kappa shape index (κ1) is 18.4. The van der Waals surface area contributed by atoms with Gasteiger partial charge < -0.3 is 14.6 Å². The number of aryl methyl sites for hydroxylation is 1. The molecule has 2 aliphatic heterocycles. The molecule has 8 heteroatoms. The second-order valence-electron chi connectivity index (χ2n) is 7.50. The summed E-state index contributed by atoms with van der Waals surface area (Å²) in [6, 6.07) is 8.26. The molecule has 0 amide bonds. The van der Waals surface area contributed by atoms with Crippen LogP contribution in [0.1, 0.15) is 30.9 Å². The van der Waals surface area contributed by atoms with Gasteiger partial charge >= 0.3 is 0 Å². The molecule has 0 spiro atoms. The predicted molar refractivity (Wildman–Crippen MR) is 104 cm³/mol. The first-order chi connectivity index (χ1) is 13.8. The molecule has 0 saturated carbocycles. The number of aromatic nitrogens is 4. The summed E-state index contributed by atoms with van der Waals surface area (Å²) in [6.07, 6.45) is 6.14. The number of fused-ring (bicyclic) bond motifs is 1. The van der Waals surface area contributed by atoms with Crippen molar-refractivity contribution in [2.75, 3.05) is 37.6 Å². The molecular formula is C20H27N7O+2. The maximum atomic E-state index is 10.7. The molecule has 0 aromatic carbocycles. The number of allylic oxidation sites excluding steroid dienone is 1. The third-order valence-corrected chi connectivity index (χ3v) is 5.65. The molecular weight excluding hydrogens is 354 g/mol. The van der Waals surface area contributed by atoms with E-state index in [0.29, 0.717) is 12.4 Å². The average molecular weight is 381 g/mol. The van der Waals surface area contributed by atoms with Crippen LogP contribution in [-0.2, 0) is 13.0 Å². The number of aliphatic hydroxyl groups excluding tert-OH is 1. The van der Waals surface area contributed by atoms with Crippen molar-refractivity contribution in [3.63, 3.8) is 0 Å². The van der Waals surface area contributed by atoms with Crippen LogP contribution in [0, 0.1) is 11.3 Å². The Morgan fingerprint density at radius 1 is 1.18 bits per heavy atom. The Morgan fingerprint density at radius 2 is 2.04 bits per heavy atom. The SMILES string of the molecule is N#C/C(=C(/O)C[NH+]1CCN(c2cccc[nH+]2)CC1)c1nnc2n1CCCCC2. The standard InChI is InChI=1S/C20H25N7O/c21-14-16(20-24-23-19-7-2-1-5-9-27(19)20)17(28)15-25-10-12-26(13-11-25)18-6-3-4-8-22-18/h3-4,6,8,28H,1-2,5,7,9-13,15H2/p+2/b17-16-. The monoisotopic (exact) mass is 381 g/mol. The molecule has 2 aliphatic rings. The van der Waals surface area contributed by atoms with E-state index in [1.54, 1.807) is 0 Å². The lowest BCUT2D eigenvalue weighted by molar-refractivity contribution is -0.897. The fourth-order valence-electron chi connectivity index (χ4n) is 4.06. The quantitative estimate of drug-likeness (QED) is 0.575. The smallest absolute Gasteiger partial charge is 0.274 e. The number of piperazine rings is 1. The summed E-state index contributed by atoms with van der Waals surface area (Å²) < 4.78 is 2.01. The largest absolute Gasteiger partial charge is 0.506 e. The van der Waals surface area contributed by atoms with Gasteiger partial charge in [0, 0.05) is 19.0 Å². The van der Waals surface area contributed by atoms with Crippen LogP contribution in [0.3, 0.4) is 0 Å². The number of quaternary nitrogens is 1. The minimum Gasteiger partial charge on any atom is -0.506 e. The van der Waals surface area contributed by atoms with Gasteiger partial charge in [-0.2, -0.15) is 5.26 Å². The highest BCUT2D eigenvalue weighted by atomic mass is 16.3. The number of hydrogen-bond acceptors (Lipinski definition) is 5. The van der Waals surface area contributed by atoms with Crippen molar-refractivity contribution in [3.05, 3.63) is 41.8 Å². The molecule has 3 N–H and O–H groups in total. The zero-order valence-corrected chi connectivity index (χ0v) is 16.1. The number of anilines is 1. The molecule has 146 valence electrons. The third kappa shape index (κ3) is 3.85. The van der Waals surface area contributed by atoms with Crippen LogP contribution in [-0.4, -0.2) is 52.6 Å². The molecule has 0 unspecified atom stereocenters. The van der Waals surface area contributed by atoms with E-state index in [1.165, 1.54) is 4.90 Å². The first-order valence-corrected chi connectivity index (χ1v) is 10.1. The molecule has 0 atom stereocenters. The van der Waals surface area contributed by atoms with Crippen molar-refractivity contribution in [1.29, 1.82) is 5.26 Å². The lowest BCUT2D eigenvalue weighted by atomic mass is 10.2. The zero-order chi connectivity index (χ0) is 19.3. The Bertz CT molecular complexity index is 876. The van der Waals surface area contributed by atoms with Crippen LogP contribution in [0.5, 0.6) is 0 Å². The van der Waals surface area contributed by atoms with E-state index in [0.717, 1.165) is 70.0 Å². The van der Waals surface area contributed by atoms with Crippen molar-refractivity contribution in [3.8, 4) is 6.07 Å². The molecule has 1 saturated heterocycles. The van der Waals surface area contributed by atoms with E-state index >= 15 is 0 Å². The molecule has 0 aliphatic carbocycles. The van der Waals surface area contributed by atoms with Crippen molar-refractivity contribution >= 4 is 11.4 Å². The molecule has 8 nitrogen and oxygen atoms in total. The lowest BCUT2D eigenvalue weighted by Crippen LogP contribution is -3.15. The number of nitrogens with one attached hydrogen (secondary N) is 2.